The fourth-order valence-corrected chi connectivity index (χ4v) is 1.31. The van der Waals surface area contributed by atoms with E-state index < -0.39 is 0 Å². The van der Waals surface area contributed by atoms with Crippen molar-refractivity contribution in [3.63, 3.8) is 0 Å². The second kappa shape index (κ2) is 2.84. The molecule has 0 bridgehead atoms. The fraction of sp³-hybridized carbons (Fsp3) is 0.143. The Morgan fingerprint density at radius 1 is 1.82 bits per heavy atom. The predicted octanol–water partition coefficient (Wildman–Crippen LogP) is 1.48. The van der Waals surface area contributed by atoms with E-state index in [0.717, 1.165) is 0 Å². The van der Waals surface area contributed by atoms with Crippen LogP contribution < -0.4 is 5.73 Å². The molecule has 0 amide bonds. The van der Waals surface area contributed by atoms with Gasteiger partial charge in [-0.05, 0) is 12.5 Å². The summed E-state index contributed by atoms with van der Waals surface area (Å²) in [7, 11) is 0. The molecule has 3 nitrogen and oxygen atoms in total. The van der Waals surface area contributed by atoms with Crippen molar-refractivity contribution in [2.24, 2.45) is 0 Å². The highest BCUT2D eigenvalue weighted by molar-refractivity contribution is 7.17. The maximum Gasteiger partial charge on any atom is 0.199 e. The van der Waals surface area contributed by atoms with E-state index in [4.69, 9.17) is 5.73 Å². The molecule has 1 heterocycles. The number of nitrogens with two attached hydrogens (primary N) is 1. The molecule has 4 heteroatoms. The molecule has 0 aliphatic carbocycles. The second-order valence-electron chi connectivity index (χ2n) is 2.17. The zero-order valence-electron chi connectivity index (χ0n) is 6.13. The van der Waals surface area contributed by atoms with Gasteiger partial charge in [0.05, 0.1) is 11.1 Å². The number of anilines is 1. The molecule has 2 N–H and O–H groups in total. The van der Waals surface area contributed by atoms with E-state index in [1.807, 2.05) is 0 Å². The van der Waals surface area contributed by atoms with Gasteiger partial charge in [0.15, 0.2) is 10.9 Å². The molecule has 0 aromatic carbocycles. The Morgan fingerprint density at radius 2 is 2.45 bits per heavy atom. The lowest BCUT2D eigenvalue weighted by Crippen LogP contribution is -1.95. The minimum atomic E-state index is -0.0841. The van der Waals surface area contributed by atoms with Gasteiger partial charge in [0.1, 0.15) is 0 Å². The molecule has 1 aromatic heterocycles. The molecule has 0 aliphatic heterocycles. The van der Waals surface area contributed by atoms with E-state index in [9.17, 15) is 4.79 Å². The Balaban J connectivity index is 2.94. The first-order chi connectivity index (χ1) is 5.11. The van der Waals surface area contributed by atoms with E-state index in [0.29, 0.717) is 15.6 Å². The third kappa shape index (κ3) is 1.65. The van der Waals surface area contributed by atoms with Gasteiger partial charge in [-0.2, -0.15) is 0 Å². The average Bonchev–Trinajstić information content (AvgIpc) is 2.34. The fourth-order valence-electron chi connectivity index (χ4n) is 0.603. The third-order valence-corrected chi connectivity index (χ3v) is 1.96. The molecule has 58 valence electrons. The van der Waals surface area contributed by atoms with Crippen LogP contribution in [0, 0.1) is 0 Å². The van der Waals surface area contributed by atoms with Crippen molar-refractivity contribution in [1.82, 2.24) is 4.98 Å². The van der Waals surface area contributed by atoms with E-state index in [-0.39, 0.29) is 5.78 Å². The Kier molecular flexibility index (Phi) is 2.05. The lowest BCUT2D eigenvalue weighted by Gasteiger charge is -1.90. The second-order valence-corrected chi connectivity index (χ2v) is 3.23. The minimum absolute atomic E-state index is 0.0841. The molecule has 1 aromatic rings. The molecule has 0 saturated carbocycles. The topological polar surface area (TPSA) is 56.0 Å². The van der Waals surface area contributed by atoms with Gasteiger partial charge in [-0.25, -0.2) is 4.98 Å². The molecule has 0 fully saturated rings. The van der Waals surface area contributed by atoms with Crippen molar-refractivity contribution >= 4 is 22.3 Å². The van der Waals surface area contributed by atoms with Crippen LogP contribution in [0.15, 0.2) is 18.3 Å². The molecule has 0 atom stereocenters. The standard InChI is InChI=1S/C7H8N2OS/c1-4(2)6(10)5-3-9-7(8)11-5/h3H,1H2,2H3,(H2,8,9). The maximum absolute atomic E-state index is 11.2. The Bertz CT molecular complexity index is 303. The smallest absolute Gasteiger partial charge is 0.199 e. The monoisotopic (exact) mass is 168 g/mol. The maximum atomic E-state index is 11.2. The minimum Gasteiger partial charge on any atom is -0.375 e. The van der Waals surface area contributed by atoms with Crippen LogP contribution in [0.5, 0.6) is 0 Å². The number of hydrogen-bond donors (Lipinski definition) is 1. The van der Waals surface area contributed by atoms with Crippen LogP contribution in [0.25, 0.3) is 0 Å². The quantitative estimate of drug-likeness (QED) is 0.537. The summed E-state index contributed by atoms with van der Waals surface area (Å²) < 4.78 is 0. The van der Waals surface area contributed by atoms with Gasteiger partial charge in [-0.3, -0.25) is 4.79 Å². The van der Waals surface area contributed by atoms with Gasteiger partial charge in [0.25, 0.3) is 0 Å². The number of rotatable bonds is 2. The first-order valence-corrected chi connectivity index (χ1v) is 3.84. The van der Waals surface area contributed by atoms with Gasteiger partial charge in [-0.15, -0.1) is 0 Å². The highest BCUT2D eigenvalue weighted by atomic mass is 32.1. The van der Waals surface area contributed by atoms with Gasteiger partial charge in [0, 0.05) is 0 Å². The third-order valence-electron chi connectivity index (χ3n) is 1.13. The van der Waals surface area contributed by atoms with Crippen molar-refractivity contribution in [3.05, 3.63) is 23.2 Å². The van der Waals surface area contributed by atoms with Gasteiger partial charge in [0.2, 0.25) is 0 Å². The highest BCUT2D eigenvalue weighted by Crippen LogP contribution is 2.17. The Labute approximate surface area is 68.6 Å². The number of nitrogens with zero attached hydrogens (tertiary/aromatic N) is 1. The van der Waals surface area contributed by atoms with Crippen molar-refractivity contribution in [2.75, 3.05) is 5.73 Å². The van der Waals surface area contributed by atoms with Gasteiger partial charge in [-0.1, -0.05) is 17.9 Å². The lowest BCUT2D eigenvalue weighted by atomic mass is 10.2. The molecule has 0 aliphatic rings. The van der Waals surface area contributed by atoms with Crippen LogP contribution in [0.4, 0.5) is 5.13 Å². The number of carbonyl (C=O) groups excluding carboxylic acids is 1. The van der Waals surface area contributed by atoms with Crippen molar-refractivity contribution in [1.29, 1.82) is 0 Å². The summed E-state index contributed by atoms with van der Waals surface area (Å²) in [5.41, 5.74) is 5.85. The van der Waals surface area contributed by atoms with Gasteiger partial charge >= 0.3 is 0 Å². The summed E-state index contributed by atoms with van der Waals surface area (Å²) in [5.74, 6) is -0.0841. The van der Waals surface area contributed by atoms with Crippen LogP contribution in [0.3, 0.4) is 0 Å². The number of allylic oxidation sites excluding steroid dienone is 1. The summed E-state index contributed by atoms with van der Waals surface area (Å²) in [6.45, 7) is 5.19. The number of thiazole rings is 1. The van der Waals surface area contributed by atoms with Crippen LogP contribution in [0.1, 0.15) is 16.6 Å². The number of aromatic nitrogens is 1. The zero-order valence-corrected chi connectivity index (χ0v) is 6.94. The van der Waals surface area contributed by atoms with Crippen LogP contribution in [0.2, 0.25) is 0 Å². The number of Topliss-reactive ketones (excluding diaryl/α,β-unsaturated/α-hetero) is 1. The Morgan fingerprint density at radius 3 is 2.82 bits per heavy atom. The Hall–Kier alpha value is -1.16. The van der Waals surface area contributed by atoms with Crippen LogP contribution >= 0.6 is 11.3 Å². The molecule has 11 heavy (non-hydrogen) atoms. The first-order valence-electron chi connectivity index (χ1n) is 3.03. The molecular weight excluding hydrogens is 160 g/mol. The normalized spacial score (nSPS) is 9.55. The lowest BCUT2D eigenvalue weighted by molar-refractivity contribution is 0.103. The molecule has 0 radical (unpaired) electrons. The summed E-state index contributed by atoms with van der Waals surface area (Å²) in [5, 5.41) is 0.412. The molecule has 1 rings (SSSR count). The van der Waals surface area contributed by atoms with E-state index in [2.05, 4.69) is 11.6 Å². The van der Waals surface area contributed by atoms with Crippen molar-refractivity contribution < 1.29 is 4.79 Å². The highest BCUT2D eigenvalue weighted by Gasteiger charge is 2.08. The predicted molar refractivity (Wildman–Crippen MR) is 45.7 cm³/mol. The number of nitrogen functional groups attached to an aromatic ring is 1. The molecular formula is C7H8N2OS. The largest absolute Gasteiger partial charge is 0.375 e. The number of ketones is 1. The first kappa shape index (κ1) is 7.94. The average molecular weight is 168 g/mol. The molecule has 0 spiro atoms. The summed E-state index contributed by atoms with van der Waals surface area (Å²) in [6, 6.07) is 0. The van der Waals surface area contributed by atoms with E-state index in [1.54, 1.807) is 6.92 Å². The number of carbonyl (C=O) groups is 1. The zero-order chi connectivity index (χ0) is 8.43. The van der Waals surface area contributed by atoms with E-state index in [1.165, 1.54) is 17.5 Å². The summed E-state index contributed by atoms with van der Waals surface area (Å²) in [4.78, 5) is 15.5. The van der Waals surface area contributed by atoms with Gasteiger partial charge < -0.3 is 5.73 Å². The molecule has 0 saturated heterocycles. The summed E-state index contributed by atoms with van der Waals surface area (Å²) >= 11 is 1.18. The number of hydrogen-bond acceptors (Lipinski definition) is 4. The van der Waals surface area contributed by atoms with Crippen molar-refractivity contribution in [2.45, 2.75) is 6.92 Å². The van der Waals surface area contributed by atoms with Crippen LogP contribution in [-0.4, -0.2) is 10.8 Å². The SMILES string of the molecule is C=C(C)C(=O)c1cnc(N)s1. The van der Waals surface area contributed by atoms with Crippen LogP contribution in [-0.2, 0) is 0 Å². The van der Waals surface area contributed by atoms with E-state index >= 15 is 0 Å². The van der Waals surface area contributed by atoms with Crippen molar-refractivity contribution in [3.8, 4) is 0 Å². The molecule has 0 unspecified atom stereocenters. The summed E-state index contributed by atoms with van der Waals surface area (Å²) in [6.07, 6.45) is 1.47.